The van der Waals surface area contributed by atoms with E-state index in [1.54, 1.807) is 18.5 Å². The van der Waals surface area contributed by atoms with Gasteiger partial charge in [-0.1, -0.05) is 0 Å². The van der Waals surface area contributed by atoms with Crippen molar-refractivity contribution < 1.29 is 9.90 Å². The molecule has 2 N–H and O–H groups in total. The van der Waals surface area contributed by atoms with Gasteiger partial charge < -0.3 is 10.4 Å². The number of aromatic carboxylic acids is 1. The highest BCUT2D eigenvalue weighted by molar-refractivity contribution is 5.86. The summed E-state index contributed by atoms with van der Waals surface area (Å²) in [6.45, 7) is 2.00. The molecule has 5 heteroatoms. The van der Waals surface area contributed by atoms with Gasteiger partial charge in [0.15, 0.2) is 0 Å². The molecule has 0 saturated carbocycles. The van der Waals surface area contributed by atoms with Gasteiger partial charge in [-0.25, -0.2) is 9.78 Å². The summed E-state index contributed by atoms with van der Waals surface area (Å²) in [5.41, 5.74) is 1.84. The van der Waals surface area contributed by atoms with Gasteiger partial charge in [0, 0.05) is 30.3 Å². The number of nitrogens with one attached hydrogen (secondary N) is 1. The minimum atomic E-state index is -1.03. The molecule has 0 amide bonds. The molecule has 18 heavy (non-hydrogen) atoms. The Kier molecular flexibility index (Phi) is 3.52. The number of hydrogen-bond donors (Lipinski definition) is 2. The highest BCUT2D eigenvalue weighted by atomic mass is 16.4. The zero-order valence-corrected chi connectivity index (χ0v) is 9.87. The Morgan fingerprint density at radius 3 is 2.67 bits per heavy atom. The van der Waals surface area contributed by atoms with Gasteiger partial charge >= 0.3 is 5.97 Å². The summed E-state index contributed by atoms with van der Waals surface area (Å²) in [6, 6.07) is 7.15. The van der Waals surface area contributed by atoms with E-state index >= 15 is 0 Å². The molecule has 0 radical (unpaired) electrons. The van der Waals surface area contributed by atoms with E-state index < -0.39 is 5.97 Å². The fraction of sp³-hybridized carbons (Fsp3) is 0.154. The quantitative estimate of drug-likeness (QED) is 0.862. The van der Waals surface area contributed by atoms with E-state index in [1.165, 1.54) is 12.3 Å². The molecule has 1 unspecified atom stereocenters. The highest BCUT2D eigenvalue weighted by Crippen LogP contribution is 2.18. The number of carboxylic acid groups (broad SMARTS) is 1. The lowest BCUT2D eigenvalue weighted by Gasteiger charge is -2.15. The second-order valence-electron chi connectivity index (χ2n) is 3.88. The standard InChI is InChI=1S/C13H13N3O2/c1-9(10-2-5-14-6-3-10)16-11-4-7-15-12(8-11)13(17)18/h2-9H,1H3,(H,15,16)(H,17,18). The molecule has 0 aliphatic carbocycles. The maximum atomic E-state index is 10.8. The maximum absolute atomic E-state index is 10.8. The molecule has 1 atom stereocenters. The Morgan fingerprint density at radius 2 is 2.00 bits per heavy atom. The molecular formula is C13H13N3O2. The molecule has 2 aromatic heterocycles. The summed E-state index contributed by atoms with van der Waals surface area (Å²) < 4.78 is 0. The lowest BCUT2D eigenvalue weighted by atomic mass is 10.1. The van der Waals surface area contributed by atoms with Gasteiger partial charge in [0.1, 0.15) is 5.69 Å². The first kappa shape index (κ1) is 12.0. The highest BCUT2D eigenvalue weighted by Gasteiger charge is 2.08. The minimum absolute atomic E-state index is 0.0296. The van der Waals surface area contributed by atoms with Crippen LogP contribution in [0.2, 0.25) is 0 Å². The Balaban J connectivity index is 2.14. The third-order valence-corrected chi connectivity index (χ3v) is 2.57. The van der Waals surface area contributed by atoms with Crippen LogP contribution in [-0.4, -0.2) is 21.0 Å². The molecule has 0 aliphatic rings. The molecule has 0 aromatic carbocycles. The molecule has 5 nitrogen and oxygen atoms in total. The first-order valence-electron chi connectivity index (χ1n) is 5.52. The number of pyridine rings is 2. The number of carbonyl (C=O) groups is 1. The second-order valence-corrected chi connectivity index (χ2v) is 3.88. The van der Waals surface area contributed by atoms with Crippen molar-refractivity contribution in [3.8, 4) is 0 Å². The summed E-state index contributed by atoms with van der Waals surface area (Å²) in [7, 11) is 0. The van der Waals surface area contributed by atoms with Crippen molar-refractivity contribution >= 4 is 11.7 Å². The number of hydrogen-bond acceptors (Lipinski definition) is 4. The van der Waals surface area contributed by atoms with Crippen molar-refractivity contribution in [1.82, 2.24) is 9.97 Å². The largest absolute Gasteiger partial charge is 0.477 e. The summed E-state index contributed by atoms with van der Waals surface area (Å²) >= 11 is 0. The van der Waals surface area contributed by atoms with Gasteiger partial charge in [0.25, 0.3) is 0 Å². The van der Waals surface area contributed by atoms with Crippen LogP contribution in [0.3, 0.4) is 0 Å². The predicted molar refractivity (Wildman–Crippen MR) is 67.5 cm³/mol. The Morgan fingerprint density at radius 1 is 1.28 bits per heavy atom. The van der Waals surface area contributed by atoms with Crippen molar-refractivity contribution in [2.45, 2.75) is 13.0 Å². The number of nitrogens with zero attached hydrogens (tertiary/aromatic N) is 2. The van der Waals surface area contributed by atoms with Crippen LogP contribution in [0.4, 0.5) is 5.69 Å². The Bertz CT molecular complexity index is 543. The molecule has 2 rings (SSSR count). The summed E-state index contributed by atoms with van der Waals surface area (Å²) in [6.07, 6.45) is 4.93. The zero-order valence-electron chi connectivity index (χ0n) is 9.87. The monoisotopic (exact) mass is 243 g/mol. The summed E-state index contributed by atoms with van der Waals surface area (Å²) in [4.78, 5) is 18.5. The average Bonchev–Trinajstić information content (AvgIpc) is 2.40. The Labute approximate surface area is 105 Å². The van der Waals surface area contributed by atoms with Crippen LogP contribution in [0.25, 0.3) is 0 Å². The number of carboxylic acids is 1. The average molecular weight is 243 g/mol. The van der Waals surface area contributed by atoms with Crippen LogP contribution in [-0.2, 0) is 0 Å². The van der Waals surface area contributed by atoms with Crippen molar-refractivity contribution in [2.24, 2.45) is 0 Å². The van der Waals surface area contributed by atoms with Crippen molar-refractivity contribution in [1.29, 1.82) is 0 Å². The molecule has 0 saturated heterocycles. The van der Waals surface area contributed by atoms with Crippen molar-refractivity contribution in [2.75, 3.05) is 5.32 Å². The lowest BCUT2D eigenvalue weighted by molar-refractivity contribution is 0.0690. The van der Waals surface area contributed by atoms with E-state index in [0.717, 1.165) is 11.3 Å². The molecule has 92 valence electrons. The van der Waals surface area contributed by atoms with Gasteiger partial charge in [-0.05, 0) is 36.8 Å². The number of anilines is 1. The predicted octanol–water partition coefficient (Wildman–Crippen LogP) is 2.35. The van der Waals surface area contributed by atoms with Gasteiger partial charge in [0.2, 0.25) is 0 Å². The van der Waals surface area contributed by atoms with E-state index in [1.807, 2.05) is 19.1 Å². The van der Waals surface area contributed by atoms with Crippen LogP contribution in [0.15, 0.2) is 42.9 Å². The zero-order chi connectivity index (χ0) is 13.0. The van der Waals surface area contributed by atoms with E-state index in [9.17, 15) is 4.79 Å². The molecule has 2 heterocycles. The summed E-state index contributed by atoms with van der Waals surface area (Å²) in [5, 5.41) is 12.1. The molecule has 2 aromatic rings. The van der Waals surface area contributed by atoms with Crippen LogP contribution >= 0.6 is 0 Å². The molecule has 0 bridgehead atoms. The van der Waals surface area contributed by atoms with Gasteiger partial charge in [-0.15, -0.1) is 0 Å². The number of aromatic nitrogens is 2. The molecular weight excluding hydrogens is 230 g/mol. The van der Waals surface area contributed by atoms with Crippen LogP contribution < -0.4 is 5.32 Å². The fourth-order valence-corrected chi connectivity index (χ4v) is 1.62. The molecule has 0 aliphatic heterocycles. The maximum Gasteiger partial charge on any atom is 0.354 e. The van der Waals surface area contributed by atoms with E-state index in [2.05, 4.69) is 15.3 Å². The lowest BCUT2D eigenvalue weighted by Crippen LogP contribution is -2.08. The third kappa shape index (κ3) is 2.82. The van der Waals surface area contributed by atoms with Crippen molar-refractivity contribution in [3.63, 3.8) is 0 Å². The SMILES string of the molecule is CC(Nc1ccnc(C(=O)O)c1)c1ccncc1. The molecule has 0 fully saturated rings. The van der Waals surface area contributed by atoms with Gasteiger partial charge in [-0.3, -0.25) is 4.98 Å². The van der Waals surface area contributed by atoms with E-state index in [4.69, 9.17) is 5.11 Å². The smallest absolute Gasteiger partial charge is 0.354 e. The van der Waals surface area contributed by atoms with Gasteiger partial charge in [0.05, 0.1) is 0 Å². The first-order valence-corrected chi connectivity index (χ1v) is 5.52. The first-order chi connectivity index (χ1) is 8.66. The van der Waals surface area contributed by atoms with E-state index in [-0.39, 0.29) is 11.7 Å². The second kappa shape index (κ2) is 5.27. The van der Waals surface area contributed by atoms with E-state index in [0.29, 0.717) is 0 Å². The summed E-state index contributed by atoms with van der Waals surface area (Å²) in [5.74, 6) is -1.03. The topological polar surface area (TPSA) is 75.1 Å². The van der Waals surface area contributed by atoms with Gasteiger partial charge in [-0.2, -0.15) is 0 Å². The van der Waals surface area contributed by atoms with Crippen LogP contribution in [0, 0.1) is 0 Å². The normalized spacial score (nSPS) is 11.8. The Hall–Kier alpha value is -2.43. The molecule has 0 spiro atoms. The van der Waals surface area contributed by atoms with Crippen LogP contribution in [0.1, 0.15) is 29.0 Å². The van der Waals surface area contributed by atoms with Crippen molar-refractivity contribution in [3.05, 3.63) is 54.1 Å². The third-order valence-electron chi connectivity index (χ3n) is 2.57. The number of rotatable bonds is 4. The minimum Gasteiger partial charge on any atom is -0.477 e. The van der Waals surface area contributed by atoms with Crippen LogP contribution in [0.5, 0.6) is 0 Å². The fourth-order valence-electron chi connectivity index (χ4n) is 1.62.